The van der Waals surface area contributed by atoms with Gasteiger partial charge in [-0.25, -0.2) is 4.79 Å². The molecule has 1 aliphatic rings. The number of benzene rings is 2. The monoisotopic (exact) mass is 399 g/mol. The molecule has 3 rings (SSSR count). The number of carbonyl (C=O) groups is 2. The summed E-state index contributed by atoms with van der Waals surface area (Å²) < 4.78 is 20.9. The molecule has 0 bridgehead atoms. The van der Waals surface area contributed by atoms with Crippen molar-refractivity contribution in [2.24, 2.45) is 0 Å². The molecular formula is C22H25NO6. The van der Waals surface area contributed by atoms with Crippen molar-refractivity contribution in [3.05, 3.63) is 53.1 Å². The molecule has 0 saturated carbocycles. The first kappa shape index (κ1) is 20.5. The number of hydrogen-bond donors (Lipinski definition) is 1. The van der Waals surface area contributed by atoms with Crippen LogP contribution in [0.1, 0.15) is 40.4 Å². The van der Waals surface area contributed by atoms with Crippen molar-refractivity contribution in [1.82, 2.24) is 5.32 Å². The zero-order valence-corrected chi connectivity index (χ0v) is 16.8. The number of rotatable bonds is 7. The Morgan fingerprint density at radius 3 is 2.41 bits per heavy atom. The molecule has 0 radical (unpaired) electrons. The molecule has 2 aromatic rings. The molecule has 154 valence electrons. The Morgan fingerprint density at radius 2 is 1.69 bits per heavy atom. The average molecular weight is 399 g/mol. The van der Waals surface area contributed by atoms with E-state index in [1.165, 1.54) is 39.0 Å². The Hall–Kier alpha value is -3.22. The molecular weight excluding hydrogens is 374 g/mol. The van der Waals surface area contributed by atoms with Crippen LogP contribution in [0.5, 0.6) is 17.2 Å². The largest absolute Gasteiger partial charge is 0.496 e. The van der Waals surface area contributed by atoms with Gasteiger partial charge in [0.25, 0.3) is 5.91 Å². The van der Waals surface area contributed by atoms with Gasteiger partial charge in [0.1, 0.15) is 11.3 Å². The maximum atomic E-state index is 12.5. The third-order valence-electron chi connectivity index (χ3n) is 4.96. The van der Waals surface area contributed by atoms with E-state index in [4.69, 9.17) is 18.9 Å². The molecule has 0 heterocycles. The first-order valence-electron chi connectivity index (χ1n) is 9.41. The van der Waals surface area contributed by atoms with E-state index in [1.54, 1.807) is 0 Å². The van der Waals surface area contributed by atoms with Crippen molar-refractivity contribution < 1.29 is 28.5 Å². The summed E-state index contributed by atoms with van der Waals surface area (Å²) in [5.74, 6) is 0.0360. The summed E-state index contributed by atoms with van der Waals surface area (Å²) in [5.41, 5.74) is 2.53. The molecule has 0 fully saturated rings. The Labute approximate surface area is 169 Å². The predicted octanol–water partition coefficient (Wildman–Crippen LogP) is 3.06. The molecule has 0 aliphatic heterocycles. The van der Waals surface area contributed by atoms with Gasteiger partial charge in [-0.1, -0.05) is 24.3 Å². The number of hydrogen-bond acceptors (Lipinski definition) is 6. The molecule has 1 atom stereocenters. The second-order valence-corrected chi connectivity index (χ2v) is 6.69. The van der Waals surface area contributed by atoms with Crippen molar-refractivity contribution >= 4 is 11.9 Å². The third-order valence-corrected chi connectivity index (χ3v) is 4.96. The van der Waals surface area contributed by atoms with Gasteiger partial charge in [0, 0.05) is 12.1 Å². The number of aryl methyl sites for hydroxylation is 1. The molecule has 1 amide bonds. The standard InChI is InChI=1S/C22H25NO6/c1-26-18-12-20(28-3)19(27-2)11-16(18)22(25)29-13-21(24)23-17-10-6-8-14-7-4-5-9-15(14)17/h4-5,7,9,11-12,17H,6,8,10,13H2,1-3H3,(H,23,24)/t17-/m0/s1. The van der Waals surface area contributed by atoms with Crippen LogP contribution in [0.15, 0.2) is 36.4 Å². The highest BCUT2D eigenvalue weighted by molar-refractivity contribution is 5.95. The number of nitrogens with one attached hydrogen (secondary N) is 1. The van der Waals surface area contributed by atoms with Crippen LogP contribution >= 0.6 is 0 Å². The fourth-order valence-corrected chi connectivity index (χ4v) is 3.54. The van der Waals surface area contributed by atoms with Gasteiger partial charge in [-0.3, -0.25) is 4.79 Å². The maximum Gasteiger partial charge on any atom is 0.342 e. The highest BCUT2D eigenvalue weighted by atomic mass is 16.5. The molecule has 0 aromatic heterocycles. The van der Waals surface area contributed by atoms with Gasteiger partial charge >= 0.3 is 5.97 Å². The lowest BCUT2D eigenvalue weighted by molar-refractivity contribution is -0.125. The average Bonchev–Trinajstić information content (AvgIpc) is 2.76. The minimum Gasteiger partial charge on any atom is -0.496 e. The van der Waals surface area contributed by atoms with Crippen LogP contribution in [0.4, 0.5) is 0 Å². The van der Waals surface area contributed by atoms with Crippen LogP contribution in [-0.4, -0.2) is 39.8 Å². The van der Waals surface area contributed by atoms with Gasteiger partial charge in [0.15, 0.2) is 18.1 Å². The smallest absolute Gasteiger partial charge is 0.342 e. The van der Waals surface area contributed by atoms with Gasteiger partial charge in [0.2, 0.25) is 0 Å². The Morgan fingerprint density at radius 1 is 1.00 bits per heavy atom. The number of amides is 1. The van der Waals surface area contributed by atoms with E-state index in [-0.39, 0.29) is 29.9 Å². The van der Waals surface area contributed by atoms with Crippen LogP contribution in [0.3, 0.4) is 0 Å². The van der Waals surface area contributed by atoms with Crippen LogP contribution < -0.4 is 19.5 Å². The van der Waals surface area contributed by atoms with Crippen molar-refractivity contribution in [3.8, 4) is 17.2 Å². The predicted molar refractivity (Wildman–Crippen MR) is 107 cm³/mol. The van der Waals surface area contributed by atoms with Crippen molar-refractivity contribution in [2.45, 2.75) is 25.3 Å². The molecule has 0 unspecified atom stereocenters. The maximum absolute atomic E-state index is 12.5. The highest BCUT2D eigenvalue weighted by Gasteiger charge is 2.23. The molecule has 29 heavy (non-hydrogen) atoms. The lowest BCUT2D eigenvalue weighted by Crippen LogP contribution is -2.34. The Kier molecular flexibility index (Phi) is 6.59. The normalized spacial score (nSPS) is 15.1. The second-order valence-electron chi connectivity index (χ2n) is 6.69. The van der Waals surface area contributed by atoms with Gasteiger partial charge in [0.05, 0.1) is 27.4 Å². The topological polar surface area (TPSA) is 83.1 Å². The van der Waals surface area contributed by atoms with E-state index in [0.717, 1.165) is 24.8 Å². The summed E-state index contributed by atoms with van der Waals surface area (Å²) in [6.45, 7) is -0.380. The van der Waals surface area contributed by atoms with Crippen molar-refractivity contribution in [1.29, 1.82) is 0 Å². The fraction of sp³-hybridized carbons (Fsp3) is 0.364. The molecule has 0 spiro atoms. The van der Waals surface area contributed by atoms with E-state index in [2.05, 4.69) is 11.4 Å². The molecule has 2 aromatic carbocycles. The SMILES string of the molecule is COc1cc(OC)c(C(=O)OCC(=O)N[C@H]2CCCc3ccccc32)cc1OC. The molecule has 7 nitrogen and oxygen atoms in total. The number of methoxy groups -OCH3 is 3. The van der Waals surface area contributed by atoms with E-state index in [1.807, 2.05) is 18.2 Å². The number of ether oxygens (including phenoxy) is 4. The lowest BCUT2D eigenvalue weighted by Gasteiger charge is -2.26. The molecule has 0 saturated heterocycles. The summed E-state index contributed by atoms with van der Waals surface area (Å²) in [5, 5.41) is 2.96. The van der Waals surface area contributed by atoms with E-state index in [9.17, 15) is 9.59 Å². The van der Waals surface area contributed by atoms with Crippen molar-refractivity contribution in [3.63, 3.8) is 0 Å². The quantitative estimate of drug-likeness (QED) is 0.721. The van der Waals surface area contributed by atoms with Crippen molar-refractivity contribution in [2.75, 3.05) is 27.9 Å². The third kappa shape index (κ3) is 4.62. The van der Waals surface area contributed by atoms with Crippen LogP contribution in [-0.2, 0) is 16.0 Å². The second kappa shape index (κ2) is 9.32. The van der Waals surface area contributed by atoms with Gasteiger partial charge in [-0.2, -0.15) is 0 Å². The van der Waals surface area contributed by atoms with Gasteiger partial charge < -0.3 is 24.3 Å². The Bertz CT molecular complexity index is 895. The number of carbonyl (C=O) groups excluding carboxylic acids is 2. The first-order chi connectivity index (χ1) is 14.1. The fourth-order valence-electron chi connectivity index (χ4n) is 3.54. The van der Waals surface area contributed by atoms with Gasteiger partial charge in [-0.15, -0.1) is 0 Å². The Balaban J connectivity index is 1.65. The minimum absolute atomic E-state index is 0.0678. The van der Waals surface area contributed by atoms with Crippen LogP contribution in [0.25, 0.3) is 0 Å². The van der Waals surface area contributed by atoms with Crippen LogP contribution in [0.2, 0.25) is 0 Å². The van der Waals surface area contributed by atoms with Crippen LogP contribution in [0, 0.1) is 0 Å². The summed E-state index contributed by atoms with van der Waals surface area (Å²) >= 11 is 0. The minimum atomic E-state index is -0.679. The lowest BCUT2D eigenvalue weighted by atomic mass is 9.88. The van der Waals surface area contributed by atoms with Gasteiger partial charge in [-0.05, 0) is 30.4 Å². The van der Waals surface area contributed by atoms with E-state index >= 15 is 0 Å². The zero-order chi connectivity index (χ0) is 20.8. The summed E-state index contributed by atoms with van der Waals surface area (Å²) in [7, 11) is 4.39. The number of esters is 1. The zero-order valence-electron chi connectivity index (χ0n) is 16.8. The number of fused-ring (bicyclic) bond motifs is 1. The highest BCUT2D eigenvalue weighted by Crippen LogP contribution is 2.35. The summed E-state index contributed by atoms with van der Waals surface area (Å²) in [6.07, 6.45) is 2.88. The molecule has 1 aliphatic carbocycles. The molecule has 7 heteroatoms. The first-order valence-corrected chi connectivity index (χ1v) is 9.41. The summed E-state index contributed by atoms with van der Waals surface area (Å²) in [4.78, 5) is 24.9. The molecule has 1 N–H and O–H groups in total. The van der Waals surface area contributed by atoms with E-state index in [0.29, 0.717) is 11.5 Å². The van der Waals surface area contributed by atoms with E-state index < -0.39 is 5.97 Å². The summed E-state index contributed by atoms with van der Waals surface area (Å²) in [6, 6.07) is 11.0.